The lowest BCUT2D eigenvalue weighted by atomic mass is 10.2. The van der Waals surface area contributed by atoms with Crippen LogP contribution in [0, 0.1) is 0 Å². The summed E-state index contributed by atoms with van der Waals surface area (Å²) in [4.78, 5) is 24.6. The largest absolute Gasteiger partial charge is 0.452 e. The zero-order valence-electron chi connectivity index (χ0n) is 13.8. The van der Waals surface area contributed by atoms with Crippen molar-refractivity contribution in [2.45, 2.75) is 11.5 Å². The van der Waals surface area contributed by atoms with Crippen LogP contribution in [-0.4, -0.2) is 27.8 Å². The molecule has 0 atom stereocenters. The first-order chi connectivity index (χ1) is 13.1. The van der Waals surface area contributed by atoms with Gasteiger partial charge in [0.25, 0.3) is 5.89 Å². The molecule has 0 aliphatic carbocycles. The molecule has 0 fully saturated rings. The van der Waals surface area contributed by atoms with Gasteiger partial charge in [-0.15, -0.1) is 22.0 Å². The van der Waals surface area contributed by atoms with Crippen LogP contribution in [0.1, 0.15) is 16.2 Å². The fourth-order valence-electron chi connectivity index (χ4n) is 2.44. The molecule has 0 unspecified atom stereocenters. The van der Waals surface area contributed by atoms with Gasteiger partial charge in [0.1, 0.15) is 0 Å². The predicted molar refractivity (Wildman–Crippen MR) is 99.7 cm³/mol. The molecule has 0 radical (unpaired) electrons. The zero-order valence-corrected chi connectivity index (χ0v) is 15.3. The van der Waals surface area contributed by atoms with Gasteiger partial charge in [-0.3, -0.25) is 4.79 Å². The van der Waals surface area contributed by atoms with Crippen LogP contribution in [0.3, 0.4) is 0 Å². The van der Waals surface area contributed by atoms with E-state index in [2.05, 4.69) is 15.5 Å². The first kappa shape index (κ1) is 17.6. The second-order valence-electron chi connectivity index (χ2n) is 5.63. The Morgan fingerprint density at radius 2 is 2.04 bits per heavy atom. The van der Waals surface area contributed by atoms with Gasteiger partial charge >= 0.3 is 5.97 Å². The Balaban J connectivity index is 1.42. The second kappa shape index (κ2) is 7.42. The van der Waals surface area contributed by atoms with Crippen LogP contribution in [0.4, 0.5) is 5.69 Å². The molecule has 3 aromatic rings. The summed E-state index contributed by atoms with van der Waals surface area (Å²) >= 11 is 7.27. The van der Waals surface area contributed by atoms with Gasteiger partial charge in [-0.2, -0.15) is 0 Å². The maximum atomic E-state index is 12.3. The Kier molecular flexibility index (Phi) is 4.83. The highest BCUT2D eigenvalue weighted by molar-refractivity contribution is 8.00. The molecule has 1 aliphatic rings. The fraction of sp³-hybridized carbons (Fsp3) is 0.111. The van der Waals surface area contributed by atoms with Gasteiger partial charge < -0.3 is 14.5 Å². The molecule has 1 aromatic heterocycles. The Labute approximate surface area is 163 Å². The van der Waals surface area contributed by atoms with Crippen molar-refractivity contribution in [3.63, 3.8) is 0 Å². The summed E-state index contributed by atoms with van der Waals surface area (Å²) in [6.45, 7) is -0.155. The first-order valence-corrected chi connectivity index (χ1v) is 9.27. The number of nitrogens with zero attached hydrogens (tertiary/aromatic N) is 2. The van der Waals surface area contributed by atoms with E-state index in [0.29, 0.717) is 33.5 Å². The van der Waals surface area contributed by atoms with Crippen LogP contribution >= 0.6 is 23.4 Å². The number of carbonyl (C=O) groups is 2. The van der Waals surface area contributed by atoms with Crippen molar-refractivity contribution in [2.75, 3.05) is 11.1 Å². The number of benzene rings is 2. The van der Waals surface area contributed by atoms with Gasteiger partial charge in [-0.1, -0.05) is 11.6 Å². The number of hydrogen-bond acceptors (Lipinski definition) is 7. The van der Waals surface area contributed by atoms with E-state index in [0.717, 1.165) is 4.90 Å². The molecule has 0 spiro atoms. The van der Waals surface area contributed by atoms with Crippen molar-refractivity contribution in [2.24, 2.45) is 0 Å². The molecule has 0 saturated carbocycles. The molecule has 7 nitrogen and oxygen atoms in total. The van der Waals surface area contributed by atoms with Crippen molar-refractivity contribution in [1.29, 1.82) is 0 Å². The predicted octanol–water partition coefficient (Wildman–Crippen LogP) is 3.79. The number of carbonyl (C=O) groups excluding carboxylic acids is 2. The van der Waals surface area contributed by atoms with E-state index < -0.39 is 5.97 Å². The summed E-state index contributed by atoms with van der Waals surface area (Å²) in [5, 5.41) is 11.1. The van der Waals surface area contributed by atoms with Gasteiger partial charge in [-0.25, -0.2) is 4.79 Å². The molecule has 27 heavy (non-hydrogen) atoms. The number of aromatic nitrogens is 2. The highest BCUT2D eigenvalue weighted by Gasteiger charge is 2.18. The van der Waals surface area contributed by atoms with Crippen LogP contribution in [0.2, 0.25) is 5.02 Å². The normalized spacial score (nSPS) is 13.0. The average Bonchev–Trinajstić information content (AvgIpc) is 3.15. The minimum atomic E-state index is -0.547. The third-order valence-corrected chi connectivity index (χ3v) is 5.06. The molecule has 2 heterocycles. The molecule has 4 rings (SSSR count). The van der Waals surface area contributed by atoms with Crippen LogP contribution in [0.15, 0.2) is 51.8 Å². The number of anilines is 1. The van der Waals surface area contributed by atoms with E-state index in [-0.39, 0.29) is 18.4 Å². The van der Waals surface area contributed by atoms with Crippen molar-refractivity contribution >= 4 is 40.9 Å². The van der Waals surface area contributed by atoms with Gasteiger partial charge in [0.15, 0.2) is 6.61 Å². The van der Waals surface area contributed by atoms with Crippen LogP contribution < -0.4 is 5.32 Å². The van der Waals surface area contributed by atoms with E-state index in [1.165, 1.54) is 11.8 Å². The minimum absolute atomic E-state index is 0.0985. The van der Waals surface area contributed by atoms with E-state index >= 15 is 0 Å². The van der Waals surface area contributed by atoms with E-state index in [1.807, 2.05) is 0 Å². The maximum absolute atomic E-state index is 12.3. The highest BCUT2D eigenvalue weighted by atomic mass is 35.5. The standard InChI is InChI=1S/C18H12ClN3O4S/c19-12-4-1-10(2-5-12)17-22-21-16(26-17)8-25-18(24)11-3-6-14-13(7-11)20-15(23)9-27-14/h1-7H,8-9H2,(H,20,23). The maximum Gasteiger partial charge on any atom is 0.338 e. The molecule has 9 heteroatoms. The number of rotatable bonds is 4. The minimum Gasteiger partial charge on any atom is -0.452 e. The number of thioether (sulfide) groups is 1. The topological polar surface area (TPSA) is 94.3 Å². The molecule has 0 bridgehead atoms. The summed E-state index contributed by atoms with van der Waals surface area (Å²) in [6.07, 6.45) is 0. The van der Waals surface area contributed by atoms with Crippen LogP contribution in [0.5, 0.6) is 0 Å². The molecule has 2 aromatic carbocycles. The van der Waals surface area contributed by atoms with E-state index in [1.54, 1.807) is 42.5 Å². The summed E-state index contributed by atoms with van der Waals surface area (Å²) < 4.78 is 10.7. The lowest BCUT2D eigenvalue weighted by Crippen LogP contribution is -2.19. The number of hydrogen-bond donors (Lipinski definition) is 1. The number of ether oxygens (including phenoxy) is 1. The number of amides is 1. The smallest absolute Gasteiger partial charge is 0.338 e. The van der Waals surface area contributed by atoms with Gasteiger partial charge in [-0.05, 0) is 42.5 Å². The van der Waals surface area contributed by atoms with Crippen molar-refractivity contribution < 1.29 is 18.7 Å². The van der Waals surface area contributed by atoms with Crippen molar-refractivity contribution in [3.8, 4) is 11.5 Å². The Hall–Kier alpha value is -2.84. The summed E-state index contributed by atoms with van der Waals surface area (Å²) in [5.74, 6) is 0.206. The monoisotopic (exact) mass is 401 g/mol. The first-order valence-electron chi connectivity index (χ1n) is 7.90. The highest BCUT2D eigenvalue weighted by Crippen LogP contribution is 2.32. The second-order valence-corrected chi connectivity index (χ2v) is 7.09. The Bertz CT molecular complexity index is 1020. The van der Waals surface area contributed by atoms with E-state index in [4.69, 9.17) is 20.8 Å². The van der Waals surface area contributed by atoms with Gasteiger partial charge in [0.2, 0.25) is 11.8 Å². The van der Waals surface area contributed by atoms with Crippen LogP contribution in [0.25, 0.3) is 11.5 Å². The van der Waals surface area contributed by atoms with Gasteiger partial charge in [0, 0.05) is 15.5 Å². The number of halogens is 1. The quantitative estimate of drug-likeness (QED) is 0.664. The Morgan fingerprint density at radius 1 is 1.22 bits per heavy atom. The lowest BCUT2D eigenvalue weighted by Gasteiger charge is -2.16. The molecule has 136 valence electrons. The number of nitrogens with one attached hydrogen (secondary N) is 1. The number of esters is 1. The molecule has 1 N–H and O–H groups in total. The molecule has 1 amide bonds. The SMILES string of the molecule is O=C1CSc2ccc(C(=O)OCc3nnc(-c4ccc(Cl)cc4)o3)cc2N1. The summed E-state index contributed by atoms with van der Waals surface area (Å²) in [6, 6.07) is 12.0. The third kappa shape index (κ3) is 3.96. The Morgan fingerprint density at radius 3 is 2.85 bits per heavy atom. The average molecular weight is 402 g/mol. The van der Waals surface area contributed by atoms with Crippen LogP contribution in [-0.2, 0) is 16.1 Å². The molecular weight excluding hydrogens is 390 g/mol. The zero-order chi connectivity index (χ0) is 18.8. The molecular formula is C18H12ClN3O4S. The number of fused-ring (bicyclic) bond motifs is 1. The molecule has 1 aliphatic heterocycles. The summed E-state index contributed by atoms with van der Waals surface area (Å²) in [7, 11) is 0. The fourth-order valence-corrected chi connectivity index (χ4v) is 3.36. The third-order valence-electron chi connectivity index (χ3n) is 3.73. The molecule has 0 saturated heterocycles. The van der Waals surface area contributed by atoms with E-state index in [9.17, 15) is 9.59 Å². The summed E-state index contributed by atoms with van der Waals surface area (Å²) in [5.41, 5.74) is 1.65. The van der Waals surface area contributed by atoms with Crippen molar-refractivity contribution in [1.82, 2.24) is 10.2 Å². The lowest BCUT2D eigenvalue weighted by molar-refractivity contribution is -0.113. The van der Waals surface area contributed by atoms with Gasteiger partial charge in [0.05, 0.1) is 17.0 Å². The van der Waals surface area contributed by atoms with Crippen molar-refractivity contribution in [3.05, 3.63) is 58.9 Å².